The number of carbonyl (C=O) groups is 1. The van der Waals surface area contributed by atoms with Gasteiger partial charge in [0.25, 0.3) is 5.91 Å². The highest BCUT2D eigenvalue weighted by molar-refractivity contribution is 7.80. The summed E-state index contributed by atoms with van der Waals surface area (Å²) in [6, 6.07) is 14.3. The summed E-state index contributed by atoms with van der Waals surface area (Å²) in [5.74, 6) is 0.0939. The maximum atomic E-state index is 13.0. The Bertz CT molecular complexity index is 787. The molecule has 0 N–H and O–H groups in total. The van der Waals surface area contributed by atoms with E-state index in [1.165, 1.54) is 16.7 Å². The van der Waals surface area contributed by atoms with Crippen molar-refractivity contribution >= 4 is 28.9 Å². The standard InChI is InChI=1S/C19H18N2OS/c1-12-7-8-16(13(2)9-12)21-18(22)17-10-14-5-3-4-6-15(14)11-20(17)19(21)23/h3-9,17H,10-11H2,1-2H3. The van der Waals surface area contributed by atoms with Crippen molar-refractivity contribution in [3.8, 4) is 0 Å². The number of thiocarbonyl (C=S) groups is 1. The Kier molecular flexibility index (Phi) is 3.23. The Hall–Kier alpha value is -2.20. The van der Waals surface area contributed by atoms with Crippen LogP contribution in [0.2, 0.25) is 0 Å². The van der Waals surface area contributed by atoms with Crippen LogP contribution in [-0.2, 0) is 17.8 Å². The number of amides is 1. The van der Waals surface area contributed by atoms with Crippen LogP contribution in [0, 0.1) is 13.8 Å². The molecular weight excluding hydrogens is 304 g/mol. The number of benzene rings is 2. The van der Waals surface area contributed by atoms with E-state index in [9.17, 15) is 4.79 Å². The van der Waals surface area contributed by atoms with E-state index >= 15 is 0 Å². The van der Waals surface area contributed by atoms with Crippen molar-refractivity contribution in [3.05, 3.63) is 64.7 Å². The lowest BCUT2D eigenvalue weighted by molar-refractivity contribution is -0.120. The molecule has 0 bridgehead atoms. The average Bonchev–Trinajstić information content (AvgIpc) is 2.77. The molecule has 0 spiro atoms. The molecule has 1 amide bonds. The Morgan fingerprint density at radius 2 is 1.83 bits per heavy atom. The molecule has 2 heterocycles. The van der Waals surface area contributed by atoms with E-state index in [1.54, 1.807) is 4.90 Å². The third-order valence-electron chi connectivity index (χ3n) is 4.78. The lowest BCUT2D eigenvalue weighted by Crippen LogP contribution is -2.39. The first-order valence-electron chi connectivity index (χ1n) is 7.85. The van der Waals surface area contributed by atoms with Crippen molar-refractivity contribution in [2.75, 3.05) is 4.90 Å². The van der Waals surface area contributed by atoms with Crippen LogP contribution in [0.1, 0.15) is 22.3 Å². The number of anilines is 1. The minimum absolute atomic E-state index is 0.0939. The molecule has 4 heteroatoms. The topological polar surface area (TPSA) is 23.6 Å². The van der Waals surface area contributed by atoms with E-state index in [1.807, 2.05) is 31.2 Å². The van der Waals surface area contributed by atoms with Gasteiger partial charge in [-0.2, -0.15) is 0 Å². The summed E-state index contributed by atoms with van der Waals surface area (Å²) in [6.07, 6.45) is 0.733. The maximum absolute atomic E-state index is 13.0. The average molecular weight is 322 g/mol. The molecule has 0 saturated carbocycles. The molecule has 1 atom stereocenters. The van der Waals surface area contributed by atoms with Crippen molar-refractivity contribution in [1.82, 2.24) is 4.90 Å². The number of hydrogen-bond acceptors (Lipinski definition) is 2. The molecule has 3 nitrogen and oxygen atoms in total. The smallest absolute Gasteiger partial charge is 0.256 e. The fraction of sp³-hybridized carbons (Fsp3) is 0.263. The van der Waals surface area contributed by atoms with Crippen molar-refractivity contribution < 1.29 is 4.79 Å². The van der Waals surface area contributed by atoms with E-state index in [2.05, 4.69) is 30.0 Å². The third kappa shape index (κ3) is 2.17. The SMILES string of the molecule is Cc1ccc(N2C(=O)C3Cc4ccccc4CN3C2=S)c(C)c1. The molecule has 2 aromatic rings. The second-order valence-electron chi connectivity index (χ2n) is 6.36. The molecule has 4 rings (SSSR count). The molecule has 2 aliphatic rings. The third-order valence-corrected chi connectivity index (χ3v) is 5.20. The van der Waals surface area contributed by atoms with Gasteiger partial charge in [-0.05, 0) is 48.8 Å². The minimum atomic E-state index is -0.168. The number of fused-ring (bicyclic) bond motifs is 2. The van der Waals surface area contributed by atoms with Crippen LogP contribution in [0.15, 0.2) is 42.5 Å². The summed E-state index contributed by atoms with van der Waals surface area (Å²) in [6.45, 7) is 4.80. The molecule has 2 aromatic carbocycles. The maximum Gasteiger partial charge on any atom is 0.256 e. The van der Waals surface area contributed by atoms with E-state index in [0.717, 1.165) is 17.7 Å². The van der Waals surface area contributed by atoms with Gasteiger partial charge >= 0.3 is 0 Å². The van der Waals surface area contributed by atoms with Gasteiger partial charge in [0.15, 0.2) is 5.11 Å². The predicted octanol–water partition coefficient (Wildman–Crippen LogP) is 3.36. The molecule has 0 aromatic heterocycles. The van der Waals surface area contributed by atoms with Crippen molar-refractivity contribution in [3.63, 3.8) is 0 Å². The summed E-state index contributed by atoms with van der Waals surface area (Å²) < 4.78 is 0. The van der Waals surface area contributed by atoms with E-state index < -0.39 is 0 Å². The highest BCUT2D eigenvalue weighted by Gasteiger charge is 2.45. The van der Waals surface area contributed by atoms with E-state index in [-0.39, 0.29) is 11.9 Å². The fourth-order valence-electron chi connectivity index (χ4n) is 3.59. The number of aryl methyl sites for hydroxylation is 2. The summed E-state index contributed by atoms with van der Waals surface area (Å²) in [5, 5.41) is 0.626. The first-order chi connectivity index (χ1) is 11.1. The molecule has 0 radical (unpaired) electrons. The largest absolute Gasteiger partial charge is 0.332 e. The van der Waals surface area contributed by atoms with Crippen LogP contribution in [0.3, 0.4) is 0 Å². The number of carbonyl (C=O) groups excluding carboxylic acids is 1. The lowest BCUT2D eigenvalue weighted by Gasteiger charge is -2.30. The monoisotopic (exact) mass is 322 g/mol. The predicted molar refractivity (Wildman–Crippen MR) is 95.5 cm³/mol. The van der Waals surface area contributed by atoms with Crippen LogP contribution >= 0.6 is 12.2 Å². The highest BCUT2D eigenvalue weighted by atomic mass is 32.1. The molecule has 1 fully saturated rings. The van der Waals surface area contributed by atoms with Crippen LogP contribution in [0.4, 0.5) is 5.69 Å². The minimum Gasteiger partial charge on any atom is -0.332 e. The quantitative estimate of drug-likeness (QED) is 0.752. The number of hydrogen-bond donors (Lipinski definition) is 0. The van der Waals surface area contributed by atoms with Crippen molar-refractivity contribution in [2.24, 2.45) is 0 Å². The molecule has 23 heavy (non-hydrogen) atoms. The normalized spacial score (nSPS) is 19.8. The Morgan fingerprint density at radius 1 is 1.09 bits per heavy atom. The summed E-state index contributed by atoms with van der Waals surface area (Å²) in [5.41, 5.74) is 5.70. The molecule has 2 aliphatic heterocycles. The number of rotatable bonds is 1. The zero-order valence-corrected chi connectivity index (χ0v) is 14.1. The molecule has 1 saturated heterocycles. The van der Waals surface area contributed by atoms with Crippen molar-refractivity contribution in [2.45, 2.75) is 32.9 Å². The molecule has 0 aliphatic carbocycles. The lowest BCUT2D eigenvalue weighted by atomic mass is 9.95. The van der Waals surface area contributed by atoms with Crippen LogP contribution in [0.5, 0.6) is 0 Å². The van der Waals surface area contributed by atoms with Gasteiger partial charge in [0, 0.05) is 13.0 Å². The summed E-state index contributed by atoms with van der Waals surface area (Å²) >= 11 is 5.65. The highest BCUT2D eigenvalue weighted by Crippen LogP contribution is 2.34. The second kappa shape index (κ2) is 5.17. The second-order valence-corrected chi connectivity index (χ2v) is 6.73. The van der Waals surface area contributed by atoms with Gasteiger partial charge < -0.3 is 4.90 Å². The van der Waals surface area contributed by atoms with Gasteiger partial charge in [-0.25, -0.2) is 0 Å². The van der Waals surface area contributed by atoms with E-state index in [0.29, 0.717) is 11.7 Å². The zero-order valence-electron chi connectivity index (χ0n) is 13.2. The zero-order chi connectivity index (χ0) is 16.1. The summed E-state index contributed by atoms with van der Waals surface area (Å²) in [7, 11) is 0. The van der Waals surface area contributed by atoms with Gasteiger partial charge in [-0.3, -0.25) is 9.69 Å². The first-order valence-corrected chi connectivity index (χ1v) is 8.25. The van der Waals surface area contributed by atoms with E-state index in [4.69, 9.17) is 12.2 Å². The Balaban J connectivity index is 1.74. The summed E-state index contributed by atoms with van der Waals surface area (Å²) in [4.78, 5) is 16.8. The molecular formula is C19H18N2OS. The van der Waals surface area contributed by atoms with Gasteiger partial charge in [-0.15, -0.1) is 0 Å². The van der Waals surface area contributed by atoms with Crippen LogP contribution in [-0.4, -0.2) is 22.0 Å². The van der Waals surface area contributed by atoms with Crippen LogP contribution < -0.4 is 4.90 Å². The Morgan fingerprint density at radius 3 is 2.57 bits per heavy atom. The van der Waals surface area contributed by atoms with Crippen molar-refractivity contribution in [1.29, 1.82) is 0 Å². The molecule has 116 valence electrons. The Labute approximate surface area is 141 Å². The van der Waals surface area contributed by atoms with Gasteiger partial charge in [0.2, 0.25) is 0 Å². The van der Waals surface area contributed by atoms with Gasteiger partial charge in [-0.1, -0.05) is 42.0 Å². The molecule has 1 unspecified atom stereocenters. The van der Waals surface area contributed by atoms with Crippen LogP contribution in [0.25, 0.3) is 0 Å². The van der Waals surface area contributed by atoms with Gasteiger partial charge in [0.05, 0.1) is 5.69 Å². The number of nitrogens with zero attached hydrogens (tertiary/aromatic N) is 2. The first kappa shape index (κ1) is 14.4. The van der Waals surface area contributed by atoms with Gasteiger partial charge in [0.1, 0.15) is 6.04 Å². The fourth-order valence-corrected chi connectivity index (χ4v) is 3.97.